The van der Waals surface area contributed by atoms with Gasteiger partial charge in [-0.1, -0.05) is 6.92 Å². The zero-order valence-electron chi connectivity index (χ0n) is 14.7. The van der Waals surface area contributed by atoms with Crippen molar-refractivity contribution in [1.29, 1.82) is 0 Å². The summed E-state index contributed by atoms with van der Waals surface area (Å²) in [5, 5.41) is 3.34. The molecule has 3 aromatic rings. The van der Waals surface area contributed by atoms with Crippen molar-refractivity contribution in [3.63, 3.8) is 0 Å². The molecular weight excluding hydrogens is 355 g/mol. The van der Waals surface area contributed by atoms with Gasteiger partial charge in [0.2, 0.25) is 0 Å². The van der Waals surface area contributed by atoms with Gasteiger partial charge in [0.25, 0.3) is 0 Å². The average molecular weight is 373 g/mol. The van der Waals surface area contributed by atoms with Gasteiger partial charge in [-0.3, -0.25) is 9.88 Å². The normalized spacial score (nSPS) is 20.3. The van der Waals surface area contributed by atoms with E-state index in [1.165, 1.54) is 0 Å². The van der Waals surface area contributed by atoms with E-state index in [0.717, 1.165) is 25.1 Å². The van der Waals surface area contributed by atoms with Crippen molar-refractivity contribution in [3.05, 3.63) is 59.7 Å². The topological polar surface area (TPSA) is 53.9 Å². The molecule has 2 unspecified atom stereocenters. The van der Waals surface area contributed by atoms with Gasteiger partial charge in [-0.05, 0) is 42.8 Å². The van der Waals surface area contributed by atoms with Gasteiger partial charge in [-0.2, -0.15) is 0 Å². The number of nitrogens with zero attached hydrogens (tertiary/aromatic N) is 4. The van der Waals surface area contributed by atoms with Crippen LogP contribution >= 0.6 is 0 Å². The number of nitrogens with one attached hydrogen (secondary N) is 1. The molecule has 3 heterocycles. The molecule has 0 amide bonds. The van der Waals surface area contributed by atoms with Crippen molar-refractivity contribution in [2.24, 2.45) is 0 Å². The molecule has 0 bridgehead atoms. The van der Waals surface area contributed by atoms with E-state index < -0.39 is 17.5 Å². The summed E-state index contributed by atoms with van der Waals surface area (Å²) in [5.41, 5.74) is 1.61. The Kier molecular flexibility index (Phi) is 4.65. The molecule has 27 heavy (non-hydrogen) atoms. The zero-order chi connectivity index (χ0) is 19.0. The quantitative estimate of drug-likeness (QED) is 0.707. The van der Waals surface area contributed by atoms with E-state index in [1.807, 2.05) is 13.0 Å². The van der Waals surface area contributed by atoms with Crippen molar-refractivity contribution < 1.29 is 13.2 Å². The van der Waals surface area contributed by atoms with Crippen LogP contribution in [0.15, 0.2) is 36.7 Å². The molecule has 0 saturated carbocycles. The summed E-state index contributed by atoms with van der Waals surface area (Å²) in [4.78, 5) is 14.9. The van der Waals surface area contributed by atoms with E-state index in [0.29, 0.717) is 29.1 Å². The number of likely N-dealkylation sites (tertiary alicyclic amines) is 1. The molecule has 1 N–H and O–H groups in total. The molecule has 4 rings (SSSR count). The van der Waals surface area contributed by atoms with Crippen LogP contribution in [0.5, 0.6) is 0 Å². The number of hydrogen-bond donors (Lipinski definition) is 1. The Balaban J connectivity index is 1.66. The van der Waals surface area contributed by atoms with Crippen LogP contribution in [0.2, 0.25) is 0 Å². The van der Waals surface area contributed by atoms with Crippen LogP contribution in [0, 0.1) is 17.5 Å². The lowest BCUT2D eigenvalue weighted by atomic mass is 9.99. The highest BCUT2D eigenvalue weighted by Gasteiger charge is 2.35. The maximum Gasteiger partial charge on any atom is 0.194 e. The highest BCUT2D eigenvalue weighted by atomic mass is 19.2. The van der Waals surface area contributed by atoms with Crippen molar-refractivity contribution in [1.82, 2.24) is 19.9 Å². The predicted molar refractivity (Wildman–Crippen MR) is 95.7 cm³/mol. The van der Waals surface area contributed by atoms with Crippen LogP contribution in [-0.2, 0) is 0 Å². The Morgan fingerprint density at radius 1 is 1.11 bits per heavy atom. The fraction of sp³-hybridized carbons (Fsp3) is 0.316. The Morgan fingerprint density at radius 3 is 2.59 bits per heavy atom. The summed E-state index contributed by atoms with van der Waals surface area (Å²) in [5.74, 6) is -3.19. The monoisotopic (exact) mass is 373 g/mol. The first-order valence-corrected chi connectivity index (χ1v) is 8.79. The second-order valence-electron chi connectivity index (χ2n) is 6.51. The van der Waals surface area contributed by atoms with E-state index in [-0.39, 0.29) is 12.1 Å². The summed E-state index contributed by atoms with van der Waals surface area (Å²) < 4.78 is 40.9. The SMILES string of the molecule is CCN1CCC(Nc2ccc3nccnc3n2)C1c1cc(F)c(F)c(F)c1. The first-order valence-electron chi connectivity index (χ1n) is 8.79. The number of fused-ring (bicyclic) bond motifs is 1. The van der Waals surface area contributed by atoms with Gasteiger partial charge in [0.15, 0.2) is 23.1 Å². The van der Waals surface area contributed by atoms with Gasteiger partial charge in [-0.15, -0.1) is 0 Å². The van der Waals surface area contributed by atoms with E-state index in [2.05, 4.69) is 25.2 Å². The van der Waals surface area contributed by atoms with E-state index in [9.17, 15) is 13.2 Å². The van der Waals surface area contributed by atoms with Gasteiger partial charge < -0.3 is 5.32 Å². The van der Waals surface area contributed by atoms with Crippen molar-refractivity contribution >= 4 is 17.0 Å². The summed E-state index contributed by atoms with van der Waals surface area (Å²) in [6.45, 7) is 3.45. The van der Waals surface area contributed by atoms with Gasteiger partial charge >= 0.3 is 0 Å². The fourth-order valence-electron chi connectivity index (χ4n) is 3.68. The first-order chi connectivity index (χ1) is 13.1. The number of likely N-dealkylation sites (N-methyl/N-ethyl adjacent to an activating group) is 1. The van der Waals surface area contributed by atoms with Gasteiger partial charge in [0, 0.05) is 25.0 Å². The van der Waals surface area contributed by atoms with Crippen LogP contribution < -0.4 is 5.32 Å². The van der Waals surface area contributed by atoms with Gasteiger partial charge in [0.05, 0.1) is 6.04 Å². The Hall–Kier alpha value is -2.74. The lowest BCUT2D eigenvalue weighted by Gasteiger charge is -2.28. The molecule has 2 aromatic heterocycles. The molecule has 0 radical (unpaired) electrons. The lowest BCUT2D eigenvalue weighted by Crippen LogP contribution is -2.31. The first kappa shape index (κ1) is 17.7. The zero-order valence-corrected chi connectivity index (χ0v) is 14.7. The molecule has 0 aliphatic carbocycles. The van der Waals surface area contributed by atoms with Crippen LogP contribution in [0.25, 0.3) is 11.2 Å². The molecule has 1 saturated heterocycles. The molecule has 140 valence electrons. The van der Waals surface area contributed by atoms with E-state index >= 15 is 0 Å². The molecule has 1 fully saturated rings. The second-order valence-corrected chi connectivity index (χ2v) is 6.51. The van der Waals surface area contributed by atoms with E-state index in [4.69, 9.17) is 0 Å². The van der Waals surface area contributed by atoms with Crippen LogP contribution in [0.3, 0.4) is 0 Å². The number of aromatic nitrogens is 3. The highest BCUT2D eigenvalue weighted by molar-refractivity contribution is 5.71. The molecule has 1 aliphatic rings. The van der Waals surface area contributed by atoms with Crippen molar-refractivity contribution in [2.45, 2.75) is 25.4 Å². The van der Waals surface area contributed by atoms with E-state index in [1.54, 1.807) is 18.5 Å². The average Bonchev–Trinajstić information content (AvgIpc) is 3.08. The van der Waals surface area contributed by atoms with Crippen LogP contribution in [-0.4, -0.2) is 39.0 Å². The number of rotatable bonds is 4. The third kappa shape index (κ3) is 3.32. The second kappa shape index (κ2) is 7.11. The Labute approximate surface area is 154 Å². The van der Waals surface area contributed by atoms with Gasteiger partial charge in [-0.25, -0.2) is 23.1 Å². The molecule has 2 atom stereocenters. The number of pyridine rings is 1. The lowest BCUT2D eigenvalue weighted by molar-refractivity contribution is 0.263. The maximum atomic E-state index is 13.8. The Bertz CT molecular complexity index is 957. The molecule has 0 spiro atoms. The van der Waals surface area contributed by atoms with Crippen molar-refractivity contribution in [3.8, 4) is 0 Å². The molecule has 8 heteroatoms. The fourth-order valence-corrected chi connectivity index (χ4v) is 3.68. The number of anilines is 1. The standard InChI is InChI=1S/C19H18F3N5/c1-2-27-8-5-14(18(27)11-9-12(20)17(22)13(21)10-11)25-16-4-3-15-19(26-16)24-7-6-23-15/h3-4,6-7,9-10,14,18H,2,5,8H2,1H3,(H,24,25,26). The third-order valence-electron chi connectivity index (χ3n) is 4.92. The molecular formula is C19H18F3N5. The third-order valence-corrected chi connectivity index (χ3v) is 4.92. The highest BCUT2D eigenvalue weighted by Crippen LogP contribution is 2.35. The van der Waals surface area contributed by atoms with Crippen molar-refractivity contribution in [2.75, 3.05) is 18.4 Å². The summed E-state index contributed by atoms with van der Waals surface area (Å²) in [6, 6.07) is 5.34. The molecule has 1 aliphatic heterocycles. The van der Waals surface area contributed by atoms with Gasteiger partial charge in [0.1, 0.15) is 11.3 Å². The smallest absolute Gasteiger partial charge is 0.194 e. The maximum absolute atomic E-state index is 13.8. The summed E-state index contributed by atoms with van der Waals surface area (Å²) >= 11 is 0. The Morgan fingerprint density at radius 2 is 1.85 bits per heavy atom. The molecule has 1 aromatic carbocycles. The molecule has 5 nitrogen and oxygen atoms in total. The minimum atomic E-state index is -1.45. The number of halogens is 3. The minimum absolute atomic E-state index is 0.129. The summed E-state index contributed by atoms with van der Waals surface area (Å²) in [6.07, 6.45) is 3.93. The summed E-state index contributed by atoms with van der Waals surface area (Å²) in [7, 11) is 0. The van der Waals surface area contributed by atoms with Crippen LogP contribution in [0.4, 0.5) is 19.0 Å². The number of benzene rings is 1. The number of hydrogen-bond acceptors (Lipinski definition) is 5. The predicted octanol–water partition coefficient (Wildman–Crippen LogP) is 3.69. The largest absolute Gasteiger partial charge is 0.365 e. The van der Waals surface area contributed by atoms with Crippen LogP contribution in [0.1, 0.15) is 24.9 Å². The minimum Gasteiger partial charge on any atom is -0.365 e.